The summed E-state index contributed by atoms with van der Waals surface area (Å²) in [6.07, 6.45) is -4.01. The van der Waals surface area contributed by atoms with Crippen LogP contribution in [-0.2, 0) is 4.79 Å². The minimum atomic E-state index is -5.00. The predicted octanol–water partition coefficient (Wildman–Crippen LogP) is 0.745. The third-order valence-corrected chi connectivity index (χ3v) is 2.15. The number of benzene rings is 1. The van der Waals surface area contributed by atoms with E-state index in [1.165, 1.54) is 24.3 Å². The summed E-state index contributed by atoms with van der Waals surface area (Å²) in [7, 11) is 0. The second-order valence-electron chi connectivity index (χ2n) is 3.48. The van der Waals surface area contributed by atoms with Crippen molar-refractivity contribution >= 4 is 11.6 Å². The maximum atomic E-state index is 12.2. The van der Waals surface area contributed by atoms with E-state index < -0.39 is 17.7 Å². The van der Waals surface area contributed by atoms with E-state index in [1.807, 2.05) is 0 Å². The lowest BCUT2D eigenvalue weighted by molar-refractivity contribution is -0.669. The Hall–Kier alpha value is -2.58. The van der Waals surface area contributed by atoms with Crippen LogP contribution in [0.3, 0.4) is 0 Å². The van der Waals surface area contributed by atoms with Gasteiger partial charge in [0.2, 0.25) is 0 Å². The van der Waals surface area contributed by atoms with Gasteiger partial charge < -0.3 is 5.32 Å². The van der Waals surface area contributed by atoms with E-state index in [2.05, 4.69) is 9.79 Å². The molecule has 6 nitrogen and oxygen atoms in total. The van der Waals surface area contributed by atoms with Crippen LogP contribution in [0.2, 0.25) is 0 Å². The summed E-state index contributed by atoms with van der Waals surface area (Å²) in [6, 6.07) is 5.62. The van der Waals surface area contributed by atoms with Crippen molar-refractivity contribution in [1.82, 2.24) is 5.27 Å². The number of carbonyl (C=O) groups excluding carboxylic acids is 1. The number of rotatable bonds is 2. The molecule has 1 aromatic carbocycles. The minimum Gasteiger partial charge on any atom is -0.313 e. The van der Waals surface area contributed by atoms with E-state index in [0.29, 0.717) is 0 Å². The van der Waals surface area contributed by atoms with E-state index in [4.69, 9.17) is 0 Å². The molecule has 2 N–H and O–H groups in total. The van der Waals surface area contributed by atoms with Gasteiger partial charge in [-0.1, -0.05) is 12.1 Å². The van der Waals surface area contributed by atoms with Crippen molar-refractivity contribution in [2.45, 2.75) is 6.18 Å². The maximum Gasteiger partial charge on any atom is 0.471 e. The van der Waals surface area contributed by atoms with Gasteiger partial charge in [-0.2, -0.15) is 13.2 Å². The number of anilines is 1. The number of hydrogen-bond donors (Lipinski definition) is 2. The van der Waals surface area contributed by atoms with Gasteiger partial charge in [-0.15, -0.1) is 0 Å². The van der Waals surface area contributed by atoms with Gasteiger partial charge in [-0.3, -0.25) is 9.32 Å². The standard InChI is InChI=1S/C10H6F3N3O3/c11-10(12,13)9(18)14-6-3-1-2-4-7(6)16-5-8(17)19-15-16/h1-5H,(H-,14,15,17,18)/p+1. The number of aromatic amines is 1. The van der Waals surface area contributed by atoms with Crippen LogP contribution in [0.25, 0.3) is 5.69 Å². The summed E-state index contributed by atoms with van der Waals surface area (Å²) in [5.41, 5.74) is -0.699. The van der Waals surface area contributed by atoms with Crippen molar-refractivity contribution in [2.24, 2.45) is 0 Å². The average molecular weight is 274 g/mol. The second-order valence-corrected chi connectivity index (χ2v) is 3.48. The van der Waals surface area contributed by atoms with E-state index in [0.717, 1.165) is 10.9 Å². The fourth-order valence-corrected chi connectivity index (χ4v) is 1.35. The monoisotopic (exact) mass is 274 g/mol. The summed E-state index contributed by atoms with van der Waals surface area (Å²) >= 11 is 0. The van der Waals surface area contributed by atoms with Gasteiger partial charge in [0.05, 0.1) is 0 Å². The van der Waals surface area contributed by atoms with Crippen molar-refractivity contribution in [3.8, 4) is 5.69 Å². The number of nitrogens with zero attached hydrogens (tertiary/aromatic N) is 1. The van der Waals surface area contributed by atoms with Crippen molar-refractivity contribution < 1.29 is 27.2 Å². The van der Waals surface area contributed by atoms with Gasteiger partial charge in [0, 0.05) is 6.07 Å². The van der Waals surface area contributed by atoms with E-state index in [-0.39, 0.29) is 11.4 Å². The number of H-pyrrole nitrogens is 1. The molecule has 19 heavy (non-hydrogen) atoms. The summed E-state index contributed by atoms with van der Waals surface area (Å²) in [6.45, 7) is 0. The Bertz CT molecular complexity index is 660. The molecule has 0 atom stereocenters. The number of carbonyl (C=O) groups is 1. The molecule has 2 aromatic rings. The molecule has 0 spiro atoms. The lowest BCUT2D eigenvalue weighted by Crippen LogP contribution is -2.36. The number of aromatic nitrogens is 2. The zero-order valence-corrected chi connectivity index (χ0v) is 9.19. The topological polar surface area (TPSA) is 79.0 Å². The molecule has 1 amide bonds. The highest BCUT2D eigenvalue weighted by atomic mass is 19.4. The molecular formula is C10H7F3N3O3+. The van der Waals surface area contributed by atoms with E-state index in [9.17, 15) is 22.8 Å². The van der Waals surface area contributed by atoms with Gasteiger partial charge >= 0.3 is 17.7 Å². The SMILES string of the molecule is O=C(Nc1ccccc1-[n+]1cc(=O)o[nH]1)C(F)(F)F. The second kappa shape index (κ2) is 4.59. The molecular weight excluding hydrogens is 267 g/mol. The molecule has 1 aromatic heterocycles. The highest BCUT2D eigenvalue weighted by molar-refractivity contribution is 5.96. The predicted molar refractivity (Wildman–Crippen MR) is 55.5 cm³/mol. The first kappa shape index (κ1) is 12.9. The first-order chi connectivity index (χ1) is 8.88. The zero-order valence-electron chi connectivity index (χ0n) is 9.19. The lowest BCUT2D eigenvalue weighted by atomic mass is 10.2. The van der Waals surface area contributed by atoms with Gasteiger partial charge in [0.25, 0.3) is 11.9 Å². The van der Waals surface area contributed by atoms with Gasteiger partial charge in [-0.05, 0) is 16.0 Å². The molecule has 0 fully saturated rings. The molecule has 0 saturated heterocycles. The molecule has 1 heterocycles. The lowest BCUT2D eigenvalue weighted by Gasteiger charge is -2.07. The Morgan fingerprint density at radius 3 is 2.58 bits per heavy atom. The van der Waals surface area contributed by atoms with Gasteiger partial charge in [-0.25, -0.2) is 4.79 Å². The van der Waals surface area contributed by atoms with Crippen LogP contribution in [0.4, 0.5) is 18.9 Å². The Morgan fingerprint density at radius 2 is 2.00 bits per heavy atom. The number of para-hydroxylation sites is 2. The number of amides is 1. The van der Waals surface area contributed by atoms with Gasteiger partial charge in [0.15, 0.2) is 0 Å². The van der Waals surface area contributed by atoms with Crippen molar-refractivity contribution in [3.63, 3.8) is 0 Å². The van der Waals surface area contributed by atoms with Crippen LogP contribution in [0.1, 0.15) is 0 Å². The third kappa shape index (κ3) is 2.81. The highest BCUT2D eigenvalue weighted by Crippen LogP contribution is 2.20. The molecule has 100 valence electrons. The molecule has 2 rings (SSSR count). The molecule has 0 aliphatic rings. The summed E-state index contributed by atoms with van der Waals surface area (Å²) in [5, 5.41) is 3.88. The average Bonchev–Trinajstić information content (AvgIpc) is 2.75. The van der Waals surface area contributed by atoms with Crippen molar-refractivity contribution in [2.75, 3.05) is 5.32 Å². The molecule has 0 saturated carbocycles. The number of halogens is 3. The molecule has 0 radical (unpaired) electrons. The Kier molecular flexibility index (Phi) is 3.11. The fourth-order valence-electron chi connectivity index (χ4n) is 1.35. The number of alkyl halides is 3. The normalized spacial score (nSPS) is 11.3. The first-order valence-electron chi connectivity index (χ1n) is 4.95. The number of hydrogen-bond acceptors (Lipinski definition) is 3. The van der Waals surface area contributed by atoms with Crippen LogP contribution in [0, 0.1) is 0 Å². The first-order valence-corrected chi connectivity index (χ1v) is 4.95. The molecule has 9 heteroatoms. The van der Waals surface area contributed by atoms with Gasteiger partial charge in [0.1, 0.15) is 5.69 Å². The number of nitrogens with one attached hydrogen (secondary N) is 2. The fraction of sp³-hybridized carbons (Fsp3) is 0.100. The Labute approximate surface area is 103 Å². The van der Waals surface area contributed by atoms with Crippen LogP contribution in [-0.4, -0.2) is 17.4 Å². The molecule has 0 unspecified atom stereocenters. The highest BCUT2D eigenvalue weighted by Gasteiger charge is 2.39. The summed E-state index contributed by atoms with van der Waals surface area (Å²) in [5.74, 6) is -2.11. The summed E-state index contributed by atoms with van der Waals surface area (Å²) in [4.78, 5) is 21.8. The quantitative estimate of drug-likeness (QED) is 0.793. The smallest absolute Gasteiger partial charge is 0.313 e. The third-order valence-electron chi connectivity index (χ3n) is 2.15. The van der Waals surface area contributed by atoms with Crippen molar-refractivity contribution in [1.29, 1.82) is 0 Å². The van der Waals surface area contributed by atoms with E-state index >= 15 is 0 Å². The van der Waals surface area contributed by atoms with Crippen LogP contribution in [0.5, 0.6) is 0 Å². The minimum absolute atomic E-state index is 0.119. The molecule has 0 aliphatic heterocycles. The van der Waals surface area contributed by atoms with Crippen LogP contribution >= 0.6 is 0 Å². The molecule has 0 bridgehead atoms. The van der Waals surface area contributed by atoms with Crippen LogP contribution < -0.4 is 15.6 Å². The largest absolute Gasteiger partial charge is 0.471 e. The summed E-state index contributed by atoms with van der Waals surface area (Å²) < 4.78 is 42.0. The zero-order chi connectivity index (χ0) is 14.0. The van der Waals surface area contributed by atoms with E-state index in [1.54, 1.807) is 5.32 Å². The Morgan fingerprint density at radius 1 is 1.32 bits per heavy atom. The van der Waals surface area contributed by atoms with Crippen molar-refractivity contribution in [3.05, 3.63) is 40.9 Å². The maximum absolute atomic E-state index is 12.2. The Balaban J connectivity index is 2.37. The molecule has 0 aliphatic carbocycles. The van der Waals surface area contributed by atoms with Crippen LogP contribution in [0.15, 0.2) is 39.8 Å².